The van der Waals surface area contributed by atoms with Crippen LogP contribution in [-0.4, -0.2) is 47.9 Å². The molecule has 3 aromatic rings. The normalized spacial score (nSPS) is 18.5. The predicted octanol–water partition coefficient (Wildman–Crippen LogP) is 3.46. The lowest BCUT2D eigenvalue weighted by Gasteiger charge is -2.40. The summed E-state index contributed by atoms with van der Waals surface area (Å²) in [6, 6.07) is 16.2. The first-order valence-electron chi connectivity index (χ1n) is 10.4. The van der Waals surface area contributed by atoms with E-state index in [2.05, 4.69) is 15.3 Å². The SMILES string of the molecule is COc1cc(OC)nc(OC(C(=O)O)C2(c3ccccc3)NCCCc3ccc(Cl)cc32)n1. The molecule has 1 aliphatic heterocycles. The topological polar surface area (TPSA) is 103 Å². The molecule has 4 rings (SSSR count). The average molecular weight is 470 g/mol. The van der Waals surface area contributed by atoms with E-state index in [9.17, 15) is 9.90 Å². The quantitative estimate of drug-likeness (QED) is 0.542. The van der Waals surface area contributed by atoms with E-state index in [4.69, 9.17) is 25.8 Å². The molecule has 2 atom stereocenters. The number of rotatable bonds is 7. The van der Waals surface area contributed by atoms with Crippen LogP contribution in [-0.2, 0) is 16.8 Å². The molecule has 2 heterocycles. The number of fused-ring (bicyclic) bond motifs is 1. The van der Waals surface area contributed by atoms with Crippen LogP contribution in [0.2, 0.25) is 5.02 Å². The molecule has 0 aliphatic carbocycles. The molecule has 33 heavy (non-hydrogen) atoms. The van der Waals surface area contributed by atoms with Gasteiger partial charge in [0, 0.05) is 5.02 Å². The van der Waals surface area contributed by atoms with Crippen molar-refractivity contribution < 1.29 is 24.1 Å². The van der Waals surface area contributed by atoms with Crippen molar-refractivity contribution in [2.45, 2.75) is 24.5 Å². The predicted molar refractivity (Wildman–Crippen MR) is 122 cm³/mol. The van der Waals surface area contributed by atoms with Gasteiger partial charge >= 0.3 is 12.0 Å². The minimum absolute atomic E-state index is 0.177. The second-order valence-corrected chi connectivity index (χ2v) is 8.01. The van der Waals surface area contributed by atoms with E-state index in [1.165, 1.54) is 20.3 Å². The zero-order valence-electron chi connectivity index (χ0n) is 18.2. The summed E-state index contributed by atoms with van der Waals surface area (Å²) >= 11 is 6.39. The highest BCUT2D eigenvalue weighted by Gasteiger charge is 2.50. The molecular formula is C24H24ClN3O5. The van der Waals surface area contributed by atoms with Gasteiger partial charge in [-0.15, -0.1) is 0 Å². The van der Waals surface area contributed by atoms with Gasteiger partial charge in [-0.25, -0.2) is 4.79 Å². The molecule has 0 amide bonds. The number of nitrogens with zero attached hydrogens (tertiary/aromatic N) is 2. The minimum Gasteiger partial charge on any atom is -0.481 e. The van der Waals surface area contributed by atoms with Crippen LogP contribution in [0.3, 0.4) is 0 Å². The van der Waals surface area contributed by atoms with Gasteiger partial charge in [-0.2, -0.15) is 9.97 Å². The maximum atomic E-state index is 12.8. The van der Waals surface area contributed by atoms with Gasteiger partial charge in [-0.3, -0.25) is 0 Å². The number of nitrogens with one attached hydrogen (secondary N) is 1. The van der Waals surface area contributed by atoms with Crippen LogP contribution in [0.5, 0.6) is 17.8 Å². The third-order valence-electron chi connectivity index (χ3n) is 5.67. The van der Waals surface area contributed by atoms with Crippen LogP contribution < -0.4 is 19.5 Å². The van der Waals surface area contributed by atoms with Crippen LogP contribution in [0.4, 0.5) is 0 Å². The summed E-state index contributed by atoms with van der Waals surface area (Å²) in [6.07, 6.45) is 0.148. The van der Waals surface area contributed by atoms with Gasteiger partial charge in [-0.1, -0.05) is 48.0 Å². The number of benzene rings is 2. The summed E-state index contributed by atoms with van der Waals surface area (Å²) in [4.78, 5) is 21.2. The lowest BCUT2D eigenvalue weighted by molar-refractivity contribution is -0.149. The maximum Gasteiger partial charge on any atom is 0.347 e. The van der Waals surface area contributed by atoms with Crippen molar-refractivity contribution in [3.05, 3.63) is 76.3 Å². The van der Waals surface area contributed by atoms with Crippen LogP contribution in [0.25, 0.3) is 0 Å². The molecule has 2 N–H and O–H groups in total. The van der Waals surface area contributed by atoms with E-state index >= 15 is 0 Å². The van der Waals surface area contributed by atoms with Crippen molar-refractivity contribution >= 4 is 17.6 Å². The van der Waals surface area contributed by atoms with Gasteiger partial charge in [0.15, 0.2) is 0 Å². The lowest BCUT2D eigenvalue weighted by atomic mass is 9.76. The summed E-state index contributed by atoms with van der Waals surface area (Å²) in [7, 11) is 2.88. The highest BCUT2D eigenvalue weighted by molar-refractivity contribution is 6.30. The first-order valence-corrected chi connectivity index (χ1v) is 10.8. The van der Waals surface area contributed by atoms with E-state index in [1.807, 2.05) is 42.5 Å². The van der Waals surface area contributed by atoms with Gasteiger partial charge in [0.05, 0.1) is 20.3 Å². The Kier molecular flexibility index (Phi) is 6.67. The largest absolute Gasteiger partial charge is 0.481 e. The molecule has 1 aliphatic rings. The highest BCUT2D eigenvalue weighted by atomic mass is 35.5. The Balaban J connectivity index is 1.94. The van der Waals surface area contributed by atoms with Crippen molar-refractivity contribution in [1.29, 1.82) is 0 Å². The van der Waals surface area contributed by atoms with Crippen LogP contribution in [0, 0.1) is 0 Å². The molecule has 8 nitrogen and oxygen atoms in total. The molecule has 0 fully saturated rings. The summed E-state index contributed by atoms with van der Waals surface area (Å²) in [5, 5.41) is 14.4. The van der Waals surface area contributed by atoms with Crippen molar-refractivity contribution in [1.82, 2.24) is 15.3 Å². The number of carbonyl (C=O) groups is 1. The van der Waals surface area contributed by atoms with Crippen LogP contribution >= 0.6 is 11.6 Å². The van der Waals surface area contributed by atoms with E-state index in [1.54, 1.807) is 6.07 Å². The first-order chi connectivity index (χ1) is 16.0. The van der Waals surface area contributed by atoms with E-state index < -0.39 is 17.6 Å². The van der Waals surface area contributed by atoms with Crippen LogP contribution in [0.15, 0.2) is 54.6 Å². The van der Waals surface area contributed by atoms with Gasteiger partial charge in [0.1, 0.15) is 5.54 Å². The fourth-order valence-corrected chi connectivity index (χ4v) is 4.38. The zero-order valence-corrected chi connectivity index (χ0v) is 19.0. The molecule has 1 aromatic heterocycles. The lowest BCUT2D eigenvalue weighted by Crippen LogP contribution is -2.58. The second kappa shape index (κ2) is 9.64. The standard InChI is InChI=1S/C24H24ClN3O5/c1-31-19-14-20(32-2)28-23(27-19)33-21(22(29)30)24(16-8-4-3-5-9-16)18-13-17(25)11-10-15(18)7-6-12-26-24/h3-5,8-11,13-14,21,26H,6-7,12H2,1-2H3,(H,29,30). The number of hydrogen-bond acceptors (Lipinski definition) is 7. The number of carboxylic acids is 1. The Hall–Kier alpha value is -3.36. The number of hydrogen-bond donors (Lipinski definition) is 2. The molecule has 0 spiro atoms. The molecule has 172 valence electrons. The molecule has 2 unspecified atom stereocenters. The van der Waals surface area contributed by atoms with Gasteiger partial charge in [0.2, 0.25) is 17.9 Å². The van der Waals surface area contributed by atoms with Crippen molar-refractivity contribution in [2.24, 2.45) is 0 Å². The third-order valence-corrected chi connectivity index (χ3v) is 5.91. The number of aromatic nitrogens is 2. The minimum atomic E-state index is -1.44. The monoisotopic (exact) mass is 469 g/mol. The smallest absolute Gasteiger partial charge is 0.347 e. The Morgan fingerprint density at radius 3 is 2.42 bits per heavy atom. The number of carboxylic acid groups (broad SMARTS) is 1. The summed E-state index contributed by atoms with van der Waals surface area (Å²) in [5.74, 6) is -0.816. The van der Waals surface area contributed by atoms with Gasteiger partial charge in [0.25, 0.3) is 0 Å². The molecule has 0 radical (unpaired) electrons. The van der Waals surface area contributed by atoms with E-state index in [-0.39, 0.29) is 17.8 Å². The molecule has 2 aromatic carbocycles. The highest BCUT2D eigenvalue weighted by Crippen LogP contribution is 2.40. The number of methoxy groups -OCH3 is 2. The first kappa shape index (κ1) is 22.8. The Bertz CT molecular complexity index is 1120. The maximum absolute atomic E-state index is 12.8. The Morgan fingerprint density at radius 1 is 1.09 bits per heavy atom. The molecule has 9 heteroatoms. The Labute approximate surface area is 196 Å². The summed E-state index contributed by atoms with van der Waals surface area (Å²) in [6.45, 7) is 0.566. The number of halogens is 1. The summed E-state index contributed by atoms with van der Waals surface area (Å²) < 4.78 is 16.4. The summed E-state index contributed by atoms with van der Waals surface area (Å²) in [5.41, 5.74) is 1.19. The molecular weight excluding hydrogens is 446 g/mol. The van der Waals surface area contributed by atoms with Crippen LogP contribution in [0.1, 0.15) is 23.1 Å². The number of aliphatic carboxylic acids is 1. The van der Waals surface area contributed by atoms with Crippen molar-refractivity contribution in [3.63, 3.8) is 0 Å². The van der Waals surface area contributed by atoms with Gasteiger partial charge in [-0.05, 0) is 48.2 Å². The Morgan fingerprint density at radius 2 is 1.79 bits per heavy atom. The van der Waals surface area contributed by atoms with Crippen molar-refractivity contribution in [2.75, 3.05) is 20.8 Å². The zero-order chi connectivity index (χ0) is 23.4. The van der Waals surface area contributed by atoms with Gasteiger partial charge < -0.3 is 24.6 Å². The molecule has 0 saturated carbocycles. The molecule has 0 bridgehead atoms. The second-order valence-electron chi connectivity index (χ2n) is 7.58. The van der Waals surface area contributed by atoms with E-state index in [0.717, 1.165) is 29.5 Å². The van der Waals surface area contributed by atoms with E-state index in [0.29, 0.717) is 11.6 Å². The number of ether oxygens (including phenoxy) is 3. The fourth-order valence-electron chi connectivity index (χ4n) is 4.21. The van der Waals surface area contributed by atoms with Crippen molar-refractivity contribution in [3.8, 4) is 17.8 Å². The fraction of sp³-hybridized carbons (Fsp3) is 0.292. The average Bonchev–Trinajstić information content (AvgIpc) is 3.02. The third kappa shape index (κ3) is 4.44. The number of aryl methyl sites for hydroxylation is 1. The molecule has 0 saturated heterocycles.